The zero-order chi connectivity index (χ0) is 23.7. The summed E-state index contributed by atoms with van der Waals surface area (Å²) in [5.41, 5.74) is 3.10. The van der Waals surface area contributed by atoms with Crippen LogP contribution in [0.4, 0.5) is 0 Å². The number of phenols is 1. The van der Waals surface area contributed by atoms with E-state index in [2.05, 4.69) is 22.3 Å². The Morgan fingerprint density at radius 2 is 1.76 bits per heavy atom. The number of benzene rings is 2. The number of nitrogens with zero attached hydrogens (tertiary/aromatic N) is 2. The molecular weight excluding hydrogens is 438 g/mol. The maximum atomic E-state index is 13.0. The Labute approximate surface area is 197 Å². The second kappa shape index (κ2) is 9.44. The summed E-state index contributed by atoms with van der Waals surface area (Å²) >= 11 is 0. The monoisotopic (exact) mass is 465 g/mol. The van der Waals surface area contributed by atoms with Crippen LogP contribution >= 0.6 is 0 Å². The maximum Gasteiger partial charge on any atom is 0.255 e. The molecule has 9 nitrogen and oxygen atoms in total. The zero-order valence-electron chi connectivity index (χ0n) is 18.8. The molecule has 0 spiro atoms. The lowest BCUT2D eigenvalue weighted by molar-refractivity contribution is -0.136. The van der Waals surface area contributed by atoms with Gasteiger partial charge in [0.05, 0.1) is 19.8 Å². The predicted octanol–water partition coefficient (Wildman–Crippen LogP) is 1.56. The van der Waals surface area contributed by atoms with Crippen molar-refractivity contribution in [1.29, 1.82) is 0 Å². The fourth-order valence-corrected chi connectivity index (χ4v) is 4.68. The first-order chi connectivity index (χ1) is 16.5. The van der Waals surface area contributed by atoms with E-state index in [1.54, 1.807) is 6.07 Å². The number of rotatable bonds is 6. The van der Waals surface area contributed by atoms with Crippen LogP contribution in [0.2, 0.25) is 0 Å². The number of hydrogen-bond donors (Lipinski definition) is 2. The van der Waals surface area contributed by atoms with Gasteiger partial charge in [0, 0.05) is 37.2 Å². The number of imide groups is 1. The molecule has 0 radical (unpaired) electrons. The molecule has 34 heavy (non-hydrogen) atoms. The number of nitrogens with one attached hydrogen (secondary N) is 1. The van der Waals surface area contributed by atoms with Gasteiger partial charge in [0.15, 0.2) is 11.5 Å². The van der Waals surface area contributed by atoms with Crippen LogP contribution in [0.3, 0.4) is 0 Å². The summed E-state index contributed by atoms with van der Waals surface area (Å²) < 4.78 is 11.4. The minimum absolute atomic E-state index is 0.0550. The Morgan fingerprint density at radius 3 is 2.50 bits per heavy atom. The van der Waals surface area contributed by atoms with E-state index in [1.165, 1.54) is 16.5 Å². The molecule has 0 aliphatic carbocycles. The number of phenolic OH excluding ortho intramolecular Hbond substituents is 1. The molecule has 3 heterocycles. The first-order valence-corrected chi connectivity index (χ1v) is 11.5. The standard InChI is InChI=1S/C25H27N3O6/c29-21-7-5-18-19(14-28(25(18)32)20-6-8-22(30)26-24(20)31)23(21)34-15-17-3-1-16(2-4-17)13-27-9-11-33-12-10-27/h1-5,7,20,29H,6,8-15H2,(H,26,30,31). The highest BCUT2D eigenvalue weighted by Gasteiger charge is 2.40. The van der Waals surface area contributed by atoms with Crippen molar-refractivity contribution in [3.63, 3.8) is 0 Å². The molecule has 2 N–H and O–H groups in total. The molecule has 0 aromatic heterocycles. The lowest BCUT2D eigenvalue weighted by Crippen LogP contribution is -2.52. The van der Waals surface area contributed by atoms with Gasteiger partial charge in [0.1, 0.15) is 12.6 Å². The highest BCUT2D eigenvalue weighted by atomic mass is 16.5. The molecular formula is C25H27N3O6. The first kappa shape index (κ1) is 22.4. The maximum absolute atomic E-state index is 13.0. The van der Waals surface area contributed by atoms with Gasteiger partial charge >= 0.3 is 0 Å². The van der Waals surface area contributed by atoms with Gasteiger partial charge in [0.2, 0.25) is 11.8 Å². The summed E-state index contributed by atoms with van der Waals surface area (Å²) in [6.07, 6.45) is 0.468. The average Bonchev–Trinajstić information content (AvgIpc) is 3.16. The zero-order valence-corrected chi connectivity index (χ0v) is 18.8. The topological polar surface area (TPSA) is 108 Å². The molecule has 2 fully saturated rings. The Kier molecular flexibility index (Phi) is 6.21. The van der Waals surface area contributed by atoms with E-state index >= 15 is 0 Å². The highest BCUT2D eigenvalue weighted by molar-refractivity contribution is 6.05. The van der Waals surface area contributed by atoms with E-state index in [1.807, 2.05) is 12.1 Å². The van der Waals surface area contributed by atoms with Crippen molar-refractivity contribution < 1.29 is 29.0 Å². The normalized spacial score (nSPS) is 20.9. The largest absolute Gasteiger partial charge is 0.504 e. The van der Waals surface area contributed by atoms with E-state index in [0.29, 0.717) is 11.1 Å². The van der Waals surface area contributed by atoms with Crippen molar-refractivity contribution in [3.8, 4) is 11.5 Å². The Morgan fingerprint density at radius 1 is 1.03 bits per heavy atom. The van der Waals surface area contributed by atoms with Crippen LogP contribution in [0.5, 0.6) is 11.5 Å². The molecule has 2 aromatic rings. The number of fused-ring (bicyclic) bond motifs is 1. The molecule has 0 saturated carbocycles. The van der Waals surface area contributed by atoms with Crippen LogP contribution in [-0.2, 0) is 34.0 Å². The quantitative estimate of drug-likeness (QED) is 0.624. The van der Waals surface area contributed by atoms with Crippen LogP contribution in [0.1, 0.15) is 39.9 Å². The summed E-state index contributed by atoms with van der Waals surface area (Å²) in [5, 5.41) is 12.7. The van der Waals surface area contributed by atoms with E-state index in [0.717, 1.165) is 38.4 Å². The smallest absolute Gasteiger partial charge is 0.255 e. The van der Waals surface area contributed by atoms with Gasteiger partial charge in [-0.25, -0.2) is 0 Å². The highest BCUT2D eigenvalue weighted by Crippen LogP contribution is 2.39. The van der Waals surface area contributed by atoms with E-state index < -0.39 is 11.9 Å². The van der Waals surface area contributed by atoms with Crippen LogP contribution in [-0.4, -0.2) is 65.0 Å². The van der Waals surface area contributed by atoms with Crippen molar-refractivity contribution in [3.05, 3.63) is 58.7 Å². The molecule has 3 aliphatic heterocycles. The molecule has 1 unspecified atom stereocenters. The lowest BCUT2D eigenvalue weighted by atomic mass is 10.0. The van der Waals surface area contributed by atoms with E-state index in [4.69, 9.17) is 9.47 Å². The molecule has 5 rings (SSSR count). The Bertz CT molecular complexity index is 1110. The summed E-state index contributed by atoms with van der Waals surface area (Å²) in [6, 6.07) is 10.4. The molecule has 3 aliphatic rings. The van der Waals surface area contributed by atoms with E-state index in [-0.39, 0.29) is 49.3 Å². The van der Waals surface area contributed by atoms with Gasteiger partial charge in [-0.1, -0.05) is 24.3 Å². The molecule has 178 valence electrons. The molecule has 2 aromatic carbocycles. The van der Waals surface area contributed by atoms with Crippen LogP contribution in [0, 0.1) is 0 Å². The number of carbonyl (C=O) groups is 3. The first-order valence-electron chi connectivity index (χ1n) is 11.5. The minimum Gasteiger partial charge on any atom is -0.504 e. The SMILES string of the molecule is O=C1CCC(N2Cc3c(ccc(O)c3OCc3ccc(CN4CCOCC4)cc3)C2=O)C(=O)N1. The second-order valence-corrected chi connectivity index (χ2v) is 8.83. The summed E-state index contributed by atoms with van der Waals surface area (Å²) in [6.45, 7) is 4.63. The second-order valence-electron chi connectivity index (χ2n) is 8.83. The number of aromatic hydroxyl groups is 1. The van der Waals surface area contributed by atoms with Crippen molar-refractivity contribution >= 4 is 17.7 Å². The number of piperidine rings is 1. The van der Waals surface area contributed by atoms with Gasteiger partial charge in [-0.3, -0.25) is 24.6 Å². The van der Waals surface area contributed by atoms with Crippen molar-refractivity contribution in [2.45, 2.75) is 38.6 Å². The fraction of sp³-hybridized carbons (Fsp3) is 0.400. The third-order valence-electron chi connectivity index (χ3n) is 6.56. The minimum atomic E-state index is -0.716. The van der Waals surface area contributed by atoms with Gasteiger partial charge in [-0.2, -0.15) is 0 Å². The number of carbonyl (C=O) groups excluding carboxylic acids is 3. The lowest BCUT2D eigenvalue weighted by Gasteiger charge is -2.29. The van der Waals surface area contributed by atoms with Gasteiger partial charge < -0.3 is 19.5 Å². The van der Waals surface area contributed by atoms with Crippen LogP contribution in [0.15, 0.2) is 36.4 Å². The van der Waals surface area contributed by atoms with E-state index in [9.17, 15) is 19.5 Å². The Hall–Kier alpha value is -3.43. The number of morpholine rings is 1. The number of hydrogen-bond acceptors (Lipinski definition) is 7. The van der Waals surface area contributed by atoms with Gasteiger partial charge in [0.25, 0.3) is 5.91 Å². The summed E-state index contributed by atoms with van der Waals surface area (Å²) in [7, 11) is 0. The number of ether oxygens (including phenoxy) is 2. The number of amides is 3. The van der Waals surface area contributed by atoms with Crippen molar-refractivity contribution in [1.82, 2.24) is 15.1 Å². The molecule has 1 atom stereocenters. The van der Waals surface area contributed by atoms with Gasteiger partial charge in [-0.05, 0) is 29.7 Å². The Balaban J connectivity index is 1.27. The van der Waals surface area contributed by atoms with Gasteiger partial charge in [-0.15, -0.1) is 0 Å². The van der Waals surface area contributed by atoms with Crippen LogP contribution in [0.25, 0.3) is 0 Å². The fourth-order valence-electron chi connectivity index (χ4n) is 4.68. The summed E-state index contributed by atoms with van der Waals surface area (Å²) in [4.78, 5) is 40.5. The van der Waals surface area contributed by atoms with Crippen LogP contribution < -0.4 is 10.1 Å². The van der Waals surface area contributed by atoms with Crippen molar-refractivity contribution in [2.75, 3.05) is 26.3 Å². The third kappa shape index (κ3) is 4.49. The molecule has 9 heteroatoms. The summed E-state index contributed by atoms with van der Waals surface area (Å²) in [5.74, 6) is -0.912. The molecule has 0 bridgehead atoms. The molecule has 3 amide bonds. The van der Waals surface area contributed by atoms with Crippen molar-refractivity contribution in [2.24, 2.45) is 0 Å². The third-order valence-corrected chi connectivity index (χ3v) is 6.56. The average molecular weight is 466 g/mol. The predicted molar refractivity (Wildman–Crippen MR) is 121 cm³/mol. The molecule has 2 saturated heterocycles.